The molecule has 0 fully saturated rings. The Morgan fingerprint density at radius 2 is 0.867 bits per heavy atom. The number of anilines is 2. The van der Waals surface area contributed by atoms with Gasteiger partial charge in [0.2, 0.25) is 0 Å². The van der Waals surface area contributed by atoms with Gasteiger partial charge in [-0.15, -0.1) is 0 Å². The van der Waals surface area contributed by atoms with Crippen LogP contribution in [0, 0.1) is 0 Å². The molecule has 0 saturated carbocycles. The van der Waals surface area contributed by atoms with Gasteiger partial charge in [0.25, 0.3) is 0 Å². The molecule has 0 unspecified atom stereocenters. The summed E-state index contributed by atoms with van der Waals surface area (Å²) in [5.74, 6) is -2.67. The first kappa shape index (κ1) is 24.1. The number of aromatic nitrogens is 2. The Kier molecular flexibility index (Phi) is 10.0. The van der Waals surface area contributed by atoms with E-state index in [1.165, 1.54) is 11.4 Å². The Morgan fingerprint density at radius 3 is 1.03 bits per heavy atom. The molecule has 1 aromatic carbocycles. The van der Waals surface area contributed by atoms with Crippen LogP contribution in [0.5, 0.6) is 0 Å². The summed E-state index contributed by atoms with van der Waals surface area (Å²) in [6.07, 6.45) is 7.65. The quantitative estimate of drug-likeness (QED) is 0.575. The van der Waals surface area contributed by atoms with Crippen molar-refractivity contribution in [2.75, 3.05) is 38.0 Å². The van der Waals surface area contributed by atoms with Gasteiger partial charge in [-0.1, -0.05) is 24.3 Å². The lowest BCUT2D eigenvalue weighted by atomic mass is 10.1. The summed E-state index contributed by atoms with van der Waals surface area (Å²) < 4.78 is 0. The molecule has 158 valence electrons. The number of aromatic amines is 2. The molecule has 0 saturated heterocycles. The van der Waals surface area contributed by atoms with Gasteiger partial charge in [0.05, 0.1) is 11.9 Å². The fraction of sp³-hybridized carbons (Fsp3) is 0.182. The van der Waals surface area contributed by atoms with Gasteiger partial charge < -0.3 is 29.6 Å². The minimum atomic E-state index is -1.33. The highest BCUT2D eigenvalue weighted by atomic mass is 16.4. The van der Waals surface area contributed by atoms with Gasteiger partial charge in [-0.05, 0) is 11.1 Å². The molecule has 8 nitrogen and oxygen atoms in total. The number of carbonyl (C=O) groups excluding carboxylic acids is 2. The van der Waals surface area contributed by atoms with Crippen molar-refractivity contribution in [3.63, 3.8) is 0 Å². The van der Waals surface area contributed by atoms with Crippen LogP contribution < -0.4 is 30.0 Å². The van der Waals surface area contributed by atoms with Gasteiger partial charge >= 0.3 is 0 Å². The molecule has 2 aromatic heterocycles. The maximum Gasteiger partial charge on any atom is 0.169 e. The van der Waals surface area contributed by atoms with Crippen molar-refractivity contribution in [2.45, 2.75) is 0 Å². The van der Waals surface area contributed by atoms with Crippen LogP contribution in [0.4, 0.5) is 11.4 Å². The summed E-state index contributed by atoms with van der Waals surface area (Å²) in [5.41, 5.74) is 2.32. The summed E-state index contributed by atoms with van der Waals surface area (Å²) in [7, 11) is 8.09. The second-order valence-electron chi connectivity index (χ2n) is 6.46. The van der Waals surface area contributed by atoms with Crippen molar-refractivity contribution in [3.8, 4) is 0 Å². The third-order valence-corrected chi connectivity index (χ3v) is 3.79. The molecule has 0 atom stereocenters. The molecule has 0 spiro atoms. The van der Waals surface area contributed by atoms with E-state index in [4.69, 9.17) is 0 Å². The zero-order chi connectivity index (χ0) is 22.5. The van der Waals surface area contributed by atoms with E-state index >= 15 is 0 Å². The number of carboxylic acids is 2. The molecule has 0 aliphatic carbocycles. The summed E-state index contributed by atoms with van der Waals surface area (Å²) in [6, 6.07) is 12.7. The van der Waals surface area contributed by atoms with E-state index in [1.54, 1.807) is 0 Å². The number of H-pyrrole nitrogens is 2. The molecule has 2 N–H and O–H groups in total. The van der Waals surface area contributed by atoms with Crippen LogP contribution in [0.25, 0.3) is 0 Å². The molecule has 30 heavy (non-hydrogen) atoms. The molecule has 0 bridgehead atoms. The number of benzene rings is 1. The van der Waals surface area contributed by atoms with Gasteiger partial charge in [-0.25, -0.2) is 9.97 Å². The van der Waals surface area contributed by atoms with Crippen molar-refractivity contribution >= 4 is 23.3 Å². The number of hydrogen-bond acceptors (Lipinski definition) is 6. The summed E-state index contributed by atoms with van der Waals surface area (Å²) in [6.45, 7) is 0. The molecule has 0 amide bonds. The van der Waals surface area contributed by atoms with Gasteiger partial charge in [0, 0.05) is 63.8 Å². The van der Waals surface area contributed by atoms with E-state index in [0.717, 1.165) is 24.3 Å². The fourth-order valence-corrected chi connectivity index (χ4v) is 2.09. The van der Waals surface area contributed by atoms with Crippen LogP contribution >= 0.6 is 0 Å². The number of pyridine rings is 2. The SMILES string of the molecule is CN(C)c1cc[nH+]cc1.CN(C)c1cc[nH+]cc1.O=C([O-])c1ccc(C(=O)[O-])cc1. The number of carboxylic acid groups (broad SMARTS) is 2. The van der Waals surface area contributed by atoms with Crippen molar-refractivity contribution in [1.29, 1.82) is 0 Å². The maximum atomic E-state index is 10.2. The molecule has 3 aromatic rings. The van der Waals surface area contributed by atoms with Crippen molar-refractivity contribution in [1.82, 2.24) is 0 Å². The first-order valence-electron chi connectivity index (χ1n) is 9.02. The highest BCUT2D eigenvalue weighted by molar-refractivity contribution is 5.89. The topological polar surface area (TPSA) is 115 Å². The summed E-state index contributed by atoms with van der Waals surface area (Å²) in [5, 5.41) is 20.4. The van der Waals surface area contributed by atoms with E-state index < -0.39 is 11.9 Å². The van der Waals surface area contributed by atoms with E-state index in [9.17, 15) is 19.8 Å². The Bertz CT molecular complexity index is 823. The van der Waals surface area contributed by atoms with Crippen molar-refractivity contribution < 1.29 is 29.8 Å². The molecule has 0 aliphatic heterocycles. The summed E-state index contributed by atoms with van der Waals surface area (Å²) >= 11 is 0. The zero-order valence-corrected chi connectivity index (χ0v) is 17.5. The monoisotopic (exact) mass is 410 g/mol. The predicted octanol–water partition coefficient (Wildman–Crippen LogP) is -0.453. The Labute approximate surface area is 176 Å². The van der Waals surface area contributed by atoms with Crippen LogP contribution in [0.15, 0.2) is 73.3 Å². The molecule has 0 aliphatic rings. The molecule has 0 radical (unpaired) electrons. The number of carbonyl (C=O) groups is 2. The second-order valence-corrected chi connectivity index (χ2v) is 6.46. The molecular weight excluding hydrogens is 384 g/mol. The molecule has 2 heterocycles. The number of rotatable bonds is 4. The minimum Gasteiger partial charge on any atom is -0.545 e. The van der Waals surface area contributed by atoms with Gasteiger partial charge in [0.15, 0.2) is 24.8 Å². The lowest BCUT2D eigenvalue weighted by Crippen LogP contribution is -2.24. The first-order chi connectivity index (χ1) is 14.2. The standard InChI is InChI=1S/C8H6O4.2C7H10N2/c9-7(10)5-1-2-6(4-3-5)8(11)12;2*1-9(2)7-3-5-8-6-4-7/h1-4H,(H,9,10)(H,11,12);2*3-6H,1-2H3. The van der Waals surface area contributed by atoms with Crippen LogP contribution in [0.2, 0.25) is 0 Å². The number of hydrogen-bond donors (Lipinski definition) is 0. The Morgan fingerprint density at radius 1 is 0.600 bits per heavy atom. The van der Waals surface area contributed by atoms with Crippen molar-refractivity contribution in [3.05, 3.63) is 84.4 Å². The average molecular weight is 410 g/mol. The second kappa shape index (κ2) is 12.5. The Hall–Kier alpha value is -3.94. The maximum absolute atomic E-state index is 10.2. The van der Waals surface area contributed by atoms with Gasteiger partial charge in [-0.2, -0.15) is 0 Å². The summed E-state index contributed by atoms with van der Waals surface area (Å²) in [4.78, 5) is 30.5. The number of nitrogens with zero attached hydrogens (tertiary/aromatic N) is 2. The van der Waals surface area contributed by atoms with Crippen LogP contribution in [0.1, 0.15) is 20.7 Å². The van der Waals surface area contributed by atoms with Gasteiger partial charge in [-0.3, -0.25) is 0 Å². The molecule has 3 rings (SSSR count). The van der Waals surface area contributed by atoms with E-state index in [1.807, 2.05) is 77.2 Å². The lowest BCUT2D eigenvalue weighted by molar-refractivity contribution is -0.378. The van der Waals surface area contributed by atoms with Crippen LogP contribution in [-0.2, 0) is 0 Å². The predicted molar refractivity (Wildman–Crippen MR) is 110 cm³/mol. The highest BCUT2D eigenvalue weighted by Crippen LogP contribution is 2.05. The van der Waals surface area contributed by atoms with E-state index in [-0.39, 0.29) is 11.1 Å². The number of aromatic carboxylic acids is 2. The van der Waals surface area contributed by atoms with Gasteiger partial charge in [0.1, 0.15) is 0 Å². The van der Waals surface area contributed by atoms with Crippen LogP contribution in [0.3, 0.4) is 0 Å². The first-order valence-corrected chi connectivity index (χ1v) is 9.02. The fourth-order valence-electron chi connectivity index (χ4n) is 2.09. The average Bonchev–Trinajstić information content (AvgIpc) is 2.76. The smallest absolute Gasteiger partial charge is 0.169 e. The third-order valence-electron chi connectivity index (χ3n) is 3.79. The molecule has 8 heteroatoms. The highest BCUT2D eigenvalue weighted by Gasteiger charge is 1.95. The van der Waals surface area contributed by atoms with E-state index in [2.05, 4.69) is 19.8 Å². The zero-order valence-electron chi connectivity index (χ0n) is 17.5. The Balaban J connectivity index is 0.000000229. The van der Waals surface area contributed by atoms with Crippen LogP contribution in [-0.4, -0.2) is 40.1 Å². The van der Waals surface area contributed by atoms with Crippen molar-refractivity contribution in [2.24, 2.45) is 0 Å². The minimum absolute atomic E-state index is 0.0556. The third kappa shape index (κ3) is 8.83. The largest absolute Gasteiger partial charge is 0.545 e. The molecular formula is C22H26N4O4. The number of nitrogens with one attached hydrogen (secondary N) is 2. The lowest BCUT2D eigenvalue weighted by Gasteiger charge is -2.08. The van der Waals surface area contributed by atoms with E-state index in [0.29, 0.717) is 0 Å². The normalized spacial score (nSPS) is 9.20.